The number of thiazole rings is 1. The van der Waals surface area contributed by atoms with Crippen molar-refractivity contribution in [2.75, 3.05) is 32.0 Å². The Bertz CT molecular complexity index is 384. The molecular formula is C13H21N3S. The largest absolute Gasteiger partial charge is 0.365 e. The molecule has 17 heavy (non-hydrogen) atoms. The Morgan fingerprint density at radius 3 is 3.12 bits per heavy atom. The van der Waals surface area contributed by atoms with Crippen molar-refractivity contribution in [3.05, 3.63) is 17.2 Å². The van der Waals surface area contributed by atoms with Crippen LogP contribution in [0.4, 0.5) is 5.13 Å². The second-order valence-electron chi connectivity index (χ2n) is 4.44. The lowest BCUT2D eigenvalue weighted by Gasteiger charge is -2.26. The van der Waals surface area contributed by atoms with Crippen LogP contribution in [0.5, 0.6) is 0 Å². The molecule has 2 rings (SSSR count). The van der Waals surface area contributed by atoms with Gasteiger partial charge in [0.05, 0.1) is 5.69 Å². The van der Waals surface area contributed by atoms with Crippen molar-refractivity contribution < 1.29 is 0 Å². The standard InChI is InChI=1S/C13H21N3S/c1-3-4-7-16-8-5-6-11(9-16)12-10-17-13(14-2)15-12/h6,10H,3-5,7-9H2,1-2H3,(H,14,15). The maximum absolute atomic E-state index is 4.58. The van der Waals surface area contributed by atoms with Gasteiger partial charge in [-0.3, -0.25) is 4.90 Å². The Balaban J connectivity index is 1.99. The number of anilines is 1. The molecule has 0 radical (unpaired) electrons. The smallest absolute Gasteiger partial charge is 0.182 e. The molecule has 0 bridgehead atoms. The zero-order valence-electron chi connectivity index (χ0n) is 10.7. The van der Waals surface area contributed by atoms with Crippen LogP contribution in [0.3, 0.4) is 0 Å². The van der Waals surface area contributed by atoms with Crippen molar-refractivity contribution in [1.82, 2.24) is 9.88 Å². The van der Waals surface area contributed by atoms with Crippen LogP contribution in [0.1, 0.15) is 31.9 Å². The quantitative estimate of drug-likeness (QED) is 0.871. The summed E-state index contributed by atoms with van der Waals surface area (Å²) >= 11 is 1.68. The molecule has 4 heteroatoms. The minimum Gasteiger partial charge on any atom is -0.365 e. The molecule has 0 fully saturated rings. The molecule has 0 spiro atoms. The van der Waals surface area contributed by atoms with Crippen LogP contribution >= 0.6 is 11.3 Å². The Kier molecular flexibility index (Phi) is 4.57. The van der Waals surface area contributed by atoms with Gasteiger partial charge in [0.25, 0.3) is 0 Å². The monoisotopic (exact) mass is 251 g/mol. The van der Waals surface area contributed by atoms with Gasteiger partial charge >= 0.3 is 0 Å². The van der Waals surface area contributed by atoms with E-state index in [1.807, 2.05) is 7.05 Å². The molecule has 1 N–H and O–H groups in total. The molecule has 3 nitrogen and oxygen atoms in total. The summed E-state index contributed by atoms with van der Waals surface area (Å²) in [6.07, 6.45) is 6.07. The second-order valence-corrected chi connectivity index (χ2v) is 5.29. The van der Waals surface area contributed by atoms with Crippen LogP contribution < -0.4 is 5.32 Å². The fraction of sp³-hybridized carbons (Fsp3) is 0.615. The summed E-state index contributed by atoms with van der Waals surface area (Å²) in [6, 6.07) is 0. The lowest BCUT2D eigenvalue weighted by atomic mass is 10.1. The molecule has 0 unspecified atom stereocenters. The Labute approximate surface area is 108 Å². The van der Waals surface area contributed by atoms with E-state index in [1.54, 1.807) is 11.3 Å². The molecule has 1 aromatic heterocycles. The molecule has 0 atom stereocenters. The van der Waals surface area contributed by atoms with E-state index in [0.29, 0.717) is 0 Å². The van der Waals surface area contributed by atoms with Gasteiger partial charge < -0.3 is 5.32 Å². The highest BCUT2D eigenvalue weighted by molar-refractivity contribution is 7.13. The van der Waals surface area contributed by atoms with Crippen LogP contribution in [0.15, 0.2) is 11.5 Å². The summed E-state index contributed by atoms with van der Waals surface area (Å²) in [7, 11) is 1.92. The fourth-order valence-corrected chi connectivity index (χ4v) is 2.80. The zero-order valence-corrected chi connectivity index (χ0v) is 11.5. The van der Waals surface area contributed by atoms with Crippen molar-refractivity contribution in [2.45, 2.75) is 26.2 Å². The van der Waals surface area contributed by atoms with Gasteiger partial charge in [-0.25, -0.2) is 4.98 Å². The van der Waals surface area contributed by atoms with Gasteiger partial charge in [0.15, 0.2) is 5.13 Å². The Morgan fingerprint density at radius 1 is 1.53 bits per heavy atom. The molecule has 2 heterocycles. The molecular weight excluding hydrogens is 230 g/mol. The molecule has 0 saturated heterocycles. The van der Waals surface area contributed by atoms with Crippen molar-refractivity contribution in [3.8, 4) is 0 Å². The van der Waals surface area contributed by atoms with E-state index in [-0.39, 0.29) is 0 Å². The molecule has 0 aromatic carbocycles. The third-order valence-electron chi connectivity index (χ3n) is 3.10. The third-order valence-corrected chi connectivity index (χ3v) is 3.96. The van der Waals surface area contributed by atoms with E-state index >= 15 is 0 Å². The van der Waals surface area contributed by atoms with Crippen molar-refractivity contribution in [2.24, 2.45) is 0 Å². The lowest BCUT2D eigenvalue weighted by Crippen LogP contribution is -2.30. The highest BCUT2D eigenvalue weighted by Crippen LogP contribution is 2.24. The van der Waals surface area contributed by atoms with Crippen LogP contribution in [0, 0.1) is 0 Å². The number of nitrogens with zero attached hydrogens (tertiary/aromatic N) is 2. The number of aromatic nitrogens is 1. The van der Waals surface area contributed by atoms with Crippen molar-refractivity contribution in [3.63, 3.8) is 0 Å². The summed E-state index contributed by atoms with van der Waals surface area (Å²) in [5.74, 6) is 0. The number of nitrogens with one attached hydrogen (secondary N) is 1. The third kappa shape index (κ3) is 3.30. The first kappa shape index (κ1) is 12.6. The second kappa shape index (κ2) is 6.17. The topological polar surface area (TPSA) is 28.2 Å². The summed E-state index contributed by atoms with van der Waals surface area (Å²) in [5, 5.41) is 6.26. The van der Waals surface area contributed by atoms with Gasteiger partial charge in [-0.05, 0) is 25.0 Å². The first-order valence-electron chi connectivity index (χ1n) is 6.38. The molecule has 94 valence electrons. The van der Waals surface area contributed by atoms with Gasteiger partial charge in [-0.2, -0.15) is 0 Å². The van der Waals surface area contributed by atoms with Crippen LogP contribution in [-0.4, -0.2) is 36.6 Å². The number of hydrogen-bond acceptors (Lipinski definition) is 4. The van der Waals surface area contributed by atoms with Gasteiger partial charge in [-0.1, -0.05) is 19.4 Å². The predicted octanol–water partition coefficient (Wildman–Crippen LogP) is 3.07. The highest BCUT2D eigenvalue weighted by atomic mass is 32.1. The van der Waals surface area contributed by atoms with E-state index in [1.165, 1.54) is 31.5 Å². The van der Waals surface area contributed by atoms with Crippen molar-refractivity contribution >= 4 is 22.0 Å². The maximum atomic E-state index is 4.58. The van der Waals surface area contributed by atoms with E-state index in [0.717, 1.165) is 23.8 Å². The number of rotatable bonds is 5. The molecule has 1 aliphatic heterocycles. The van der Waals surface area contributed by atoms with E-state index < -0.39 is 0 Å². The molecule has 0 saturated carbocycles. The van der Waals surface area contributed by atoms with Gasteiger partial charge in [0.1, 0.15) is 0 Å². The van der Waals surface area contributed by atoms with Crippen LogP contribution in [0.2, 0.25) is 0 Å². The first-order chi connectivity index (χ1) is 8.33. The Hall–Kier alpha value is -0.870. The predicted molar refractivity (Wildman–Crippen MR) is 75.6 cm³/mol. The zero-order chi connectivity index (χ0) is 12.1. The summed E-state index contributed by atoms with van der Waals surface area (Å²) in [4.78, 5) is 7.12. The highest BCUT2D eigenvalue weighted by Gasteiger charge is 2.15. The minimum absolute atomic E-state index is 1.01. The fourth-order valence-electron chi connectivity index (χ4n) is 2.10. The first-order valence-corrected chi connectivity index (χ1v) is 7.26. The minimum atomic E-state index is 1.01. The maximum Gasteiger partial charge on any atom is 0.182 e. The van der Waals surface area contributed by atoms with E-state index in [2.05, 4.69) is 33.6 Å². The number of unbranched alkanes of at least 4 members (excludes halogenated alkanes) is 1. The summed E-state index contributed by atoms with van der Waals surface area (Å²) in [6.45, 7) is 5.73. The molecule has 0 amide bonds. The molecule has 0 aliphatic carbocycles. The SMILES string of the molecule is CCCCN1CCC=C(c2csc(NC)n2)C1. The Morgan fingerprint density at radius 2 is 2.41 bits per heavy atom. The normalized spacial score (nSPS) is 16.9. The molecule has 1 aromatic rings. The lowest BCUT2D eigenvalue weighted by molar-refractivity contribution is 0.299. The summed E-state index contributed by atoms with van der Waals surface area (Å²) in [5.41, 5.74) is 2.55. The average Bonchev–Trinajstić information content (AvgIpc) is 2.85. The van der Waals surface area contributed by atoms with Crippen LogP contribution in [0.25, 0.3) is 5.57 Å². The van der Waals surface area contributed by atoms with Crippen LogP contribution in [-0.2, 0) is 0 Å². The average molecular weight is 251 g/mol. The van der Waals surface area contributed by atoms with Gasteiger partial charge in [0, 0.05) is 25.5 Å². The summed E-state index contributed by atoms with van der Waals surface area (Å²) < 4.78 is 0. The van der Waals surface area contributed by atoms with Crippen molar-refractivity contribution in [1.29, 1.82) is 0 Å². The van der Waals surface area contributed by atoms with Gasteiger partial charge in [-0.15, -0.1) is 11.3 Å². The van der Waals surface area contributed by atoms with E-state index in [9.17, 15) is 0 Å². The van der Waals surface area contributed by atoms with Gasteiger partial charge in [0.2, 0.25) is 0 Å². The van der Waals surface area contributed by atoms with E-state index in [4.69, 9.17) is 0 Å². The number of hydrogen-bond donors (Lipinski definition) is 1. The molecule has 1 aliphatic rings.